The Hall–Kier alpha value is -1.63. The van der Waals surface area contributed by atoms with Crippen LogP contribution in [0, 0.1) is 5.95 Å². The van der Waals surface area contributed by atoms with E-state index in [4.69, 9.17) is 11.6 Å². The fraction of sp³-hybridized carbons (Fsp3) is 0.200. The molecular weight excluding hydrogens is 274 g/mol. The summed E-state index contributed by atoms with van der Waals surface area (Å²) in [5.41, 5.74) is -1.28. The van der Waals surface area contributed by atoms with E-state index in [1.807, 2.05) is 0 Å². The lowest BCUT2D eigenvalue weighted by Crippen LogP contribution is -2.06. The first kappa shape index (κ1) is 12.8. The second kappa shape index (κ2) is 4.24. The summed E-state index contributed by atoms with van der Waals surface area (Å²) in [6, 6.07) is 1.94. The summed E-state index contributed by atoms with van der Waals surface area (Å²) in [6.07, 6.45) is -3.51. The van der Waals surface area contributed by atoms with Crippen molar-refractivity contribution in [1.82, 2.24) is 14.8 Å². The van der Waals surface area contributed by atoms with Crippen molar-refractivity contribution < 1.29 is 17.6 Å². The molecule has 0 aliphatic rings. The van der Waals surface area contributed by atoms with Gasteiger partial charge in [0.1, 0.15) is 0 Å². The molecule has 3 nitrogen and oxygen atoms in total. The quantitative estimate of drug-likeness (QED) is 0.592. The van der Waals surface area contributed by atoms with Crippen LogP contribution in [0.4, 0.5) is 17.6 Å². The van der Waals surface area contributed by atoms with Gasteiger partial charge in [0.2, 0.25) is 5.95 Å². The van der Waals surface area contributed by atoms with Gasteiger partial charge in [-0.1, -0.05) is 11.6 Å². The molecule has 8 heteroatoms. The standard InChI is InChI=1S/C10H6ClF4N3/c1-18-7(3-8(17-18)10(13,14)15)6-2-5(11)4-16-9(6)12/h2-4H,1H3. The summed E-state index contributed by atoms with van der Waals surface area (Å²) in [5.74, 6) is -0.906. The van der Waals surface area contributed by atoms with Gasteiger partial charge >= 0.3 is 6.18 Å². The third kappa shape index (κ3) is 2.31. The summed E-state index contributed by atoms with van der Waals surface area (Å²) in [6.45, 7) is 0. The summed E-state index contributed by atoms with van der Waals surface area (Å²) in [7, 11) is 1.28. The maximum Gasteiger partial charge on any atom is 0.435 e. The van der Waals surface area contributed by atoms with E-state index in [0.29, 0.717) is 0 Å². The Bertz CT molecular complexity index is 591. The van der Waals surface area contributed by atoms with E-state index in [-0.39, 0.29) is 16.3 Å². The molecule has 2 aromatic rings. The van der Waals surface area contributed by atoms with Crippen molar-refractivity contribution in [2.75, 3.05) is 0 Å². The van der Waals surface area contributed by atoms with Gasteiger partial charge in [-0.2, -0.15) is 22.7 Å². The number of hydrogen-bond donors (Lipinski definition) is 0. The van der Waals surface area contributed by atoms with Gasteiger partial charge in [-0.15, -0.1) is 0 Å². The third-order valence-electron chi connectivity index (χ3n) is 2.25. The van der Waals surface area contributed by atoms with Gasteiger partial charge in [-0.25, -0.2) is 4.98 Å². The van der Waals surface area contributed by atoms with Crippen LogP contribution in [0.15, 0.2) is 18.3 Å². The van der Waals surface area contributed by atoms with Crippen molar-refractivity contribution >= 4 is 11.6 Å². The largest absolute Gasteiger partial charge is 0.435 e. The molecule has 0 atom stereocenters. The first-order valence-electron chi connectivity index (χ1n) is 4.71. The molecule has 0 amide bonds. The van der Waals surface area contributed by atoms with E-state index in [1.165, 1.54) is 13.1 Å². The van der Waals surface area contributed by atoms with E-state index < -0.39 is 17.8 Å². The predicted octanol–water partition coefficient (Wildman–Crippen LogP) is 3.29. The maximum atomic E-state index is 13.4. The molecule has 0 aliphatic carbocycles. The number of aromatic nitrogens is 3. The monoisotopic (exact) mass is 279 g/mol. The van der Waals surface area contributed by atoms with Crippen molar-refractivity contribution in [3.8, 4) is 11.3 Å². The van der Waals surface area contributed by atoms with Crippen LogP contribution in [0.25, 0.3) is 11.3 Å². The van der Waals surface area contributed by atoms with Gasteiger partial charge in [0, 0.05) is 13.2 Å². The van der Waals surface area contributed by atoms with Crippen molar-refractivity contribution in [1.29, 1.82) is 0 Å². The van der Waals surface area contributed by atoms with Crippen LogP contribution in [0.1, 0.15) is 5.69 Å². The van der Waals surface area contributed by atoms with Crippen LogP contribution in [-0.2, 0) is 13.2 Å². The molecule has 2 aromatic heterocycles. The van der Waals surface area contributed by atoms with Crippen LogP contribution in [0.3, 0.4) is 0 Å². The number of rotatable bonds is 1. The Morgan fingerprint density at radius 3 is 2.50 bits per heavy atom. The molecule has 0 aromatic carbocycles. The van der Waals surface area contributed by atoms with Crippen LogP contribution >= 0.6 is 11.6 Å². The molecule has 96 valence electrons. The smallest absolute Gasteiger partial charge is 0.267 e. The molecule has 0 N–H and O–H groups in total. The lowest BCUT2D eigenvalue weighted by atomic mass is 10.2. The number of pyridine rings is 1. The minimum atomic E-state index is -4.58. The van der Waals surface area contributed by atoms with Crippen LogP contribution in [-0.4, -0.2) is 14.8 Å². The molecule has 0 radical (unpaired) electrons. The predicted molar refractivity (Wildman–Crippen MR) is 56.4 cm³/mol. The molecule has 0 aliphatic heterocycles. The molecule has 0 saturated heterocycles. The summed E-state index contributed by atoms with van der Waals surface area (Å²) in [4.78, 5) is 3.35. The molecule has 2 rings (SSSR count). The number of nitrogens with zero attached hydrogens (tertiary/aromatic N) is 3. The Morgan fingerprint density at radius 1 is 1.28 bits per heavy atom. The number of alkyl halides is 3. The van der Waals surface area contributed by atoms with E-state index >= 15 is 0 Å². The van der Waals surface area contributed by atoms with E-state index in [1.54, 1.807) is 0 Å². The minimum absolute atomic E-state index is 0.0465. The molecule has 18 heavy (non-hydrogen) atoms. The third-order valence-corrected chi connectivity index (χ3v) is 2.46. The zero-order chi connectivity index (χ0) is 13.5. The van der Waals surface area contributed by atoms with Gasteiger partial charge < -0.3 is 0 Å². The Balaban J connectivity index is 2.58. The number of halogens is 5. The first-order chi connectivity index (χ1) is 8.29. The van der Waals surface area contributed by atoms with E-state index in [9.17, 15) is 17.6 Å². The average molecular weight is 280 g/mol. The zero-order valence-electron chi connectivity index (χ0n) is 8.96. The minimum Gasteiger partial charge on any atom is -0.267 e. The molecular formula is C10H6ClF4N3. The summed E-state index contributed by atoms with van der Waals surface area (Å²) < 4.78 is 51.8. The number of hydrogen-bond acceptors (Lipinski definition) is 2. The van der Waals surface area contributed by atoms with Gasteiger partial charge in [0.25, 0.3) is 0 Å². The molecule has 0 bridgehead atoms. The second-order valence-corrected chi connectivity index (χ2v) is 3.96. The first-order valence-corrected chi connectivity index (χ1v) is 5.09. The highest BCUT2D eigenvalue weighted by molar-refractivity contribution is 6.30. The summed E-state index contributed by atoms with van der Waals surface area (Å²) in [5, 5.41) is 3.41. The Labute approximate surface area is 104 Å². The molecule has 0 unspecified atom stereocenters. The topological polar surface area (TPSA) is 30.7 Å². The van der Waals surface area contributed by atoms with Crippen LogP contribution in [0.2, 0.25) is 5.02 Å². The molecule has 0 fully saturated rings. The SMILES string of the molecule is Cn1nc(C(F)(F)F)cc1-c1cc(Cl)cnc1F. The van der Waals surface area contributed by atoms with Gasteiger partial charge in [0.15, 0.2) is 5.69 Å². The average Bonchev–Trinajstić information content (AvgIpc) is 2.64. The second-order valence-electron chi connectivity index (χ2n) is 3.53. The normalized spacial score (nSPS) is 11.9. The highest BCUT2D eigenvalue weighted by Gasteiger charge is 2.35. The van der Waals surface area contributed by atoms with E-state index in [0.717, 1.165) is 16.9 Å². The van der Waals surface area contributed by atoms with Crippen LogP contribution < -0.4 is 0 Å². The van der Waals surface area contributed by atoms with E-state index in [2.05, 4.69) is 10.1 Å². The highest BCUT2D eigenvalue weighted by atomic mass is 35.5. The zero-order valence-corrected chi connectivity index (χ0v) is 9.72. The number of aryl methyl sites for hydroxylation is 1. The molecule has 0 spiro atoms. The Kier molecular flexibility index (Phi) is 3.02. The fourth-order valence-electron chi connectivity index (χ4n) is 1.46. The van der Waals surface area contributed by atoms with Crippen molar-refractivity contribution in [2.45, 2.75) is 6.18 Å². The lowest BCUT2D eigenvalue weighted by Gasteiger charge is -2.02. The highest BCUT2D eigenvalue weighted by Crippen LogP contribution is 2.32. The summed E-state index contributed by atoms with van der Waals surface area (Å²) >= 11 is 5.63. The van der Waals surface area contributed by atoms with Crippen molar-refractivity contribution in [3.05, 3.63) is 35.0 Å². The van der Waals surface area contributed by atoms with Gasteiger partial charge in [0.05, 0.1) is 16.3 Å². The maximum absolute atomic E-state index is 13.4. The van der Waals surface area contributed by atoms with Crippen molar-refractivity contribution in [3.63, 3.8) is 0 Å². The molecule has 2 heterocycles. The molecule has 0 saturated carbocycles. The fourth-order valence-corrected chi connectivity index (χ4v) is 1.62. The van der Waals surface area contributed by atoms with Crippen molar-refractivity contribution in [2.24, 2.45) is 7.05 Å². The van der Waals surface area contributed by atoms with Crippen LogP contribution in [0.5, 0.6) is 0 Å². The lowest BCUT2D eigenvalue weighted by molar-refractivity contribution is -0.141. The van der Waals surface area contributed by atoms with Gasteiger partial charge in [-0.3, -0.25) is 4.68 Å². The van der Waals surface area contributed by atoms with Gasteiger partial charge in [-0.05, 0) is 12.1 Å². The Morgan fingerprint density at radius 2 is 1.94 bits per heavy atom.